The van der Waals surface area contributed by atoms with Crippen LogP contribution in [0.4, 0.5) is 0 Å². The quantitative estimate of drug-likeness (QED) is 0.698. The van der Waals surface area contributed by atoms with Gasteiger partial charge in [-0.2, -0.15) is 5.26 Å². The van der Waals surface area contributed by atoms with Crippen molar-refractivity contribution in [1.82, 2.24) is 0 Å². The van der Waals surface area contributed by atoms with E-state index in [1.165, 1.54) is 0 Å². The molecule has 3 heteroatoms. The first-order valence-electron chi connectivity index (χ1n) is 6.42. The average molecular weight is 266 g/mol. The fourth-order valence-corrected chi connectivity index (χ4v) is 2.22. The first kappa shape index (κ1) is 14.9. The highest BCUT2D eigenvalue weighted by Crippen LogP contribution is 2.34. The molecule has 0 aromatic heterocycles. The van der Waals surface area contributed by atoms with Gasteiger partial charge in [0.15, 0.2) is 0 Å². The highest BCUT2D eigenvalue weighted by molar-refractivity contribution is 6.30. The zero-order valence-corrected chi connectivity index (χ0v) is 12.0. The molecule has 18 heavy (non-hydrogen) atoms. The van der Waals surface area contributed by atoms with Crippen LogP contribution < -0.4 is 4.74 Å². The summed E-state index contributed by atoms with van der Waals surface area (Å²) in [5, 5.41) is 9.35. The number of nitriles is 1. The van der Waals surface area contributed by atoms with Crippen molar-refractivity contribution in [3.05, 3.63) is 28.3 Å². The first-order chi connectivity index (χ1) is 8.60. The topological polar surface area (TPSA) is 33.0 Å². The molecule has 0 radical (unpaired) electrons. The van der Waals surface area contributed by atoms with Gasteiger partial charge in [-0.1, -0.05) is 25.4 Å². The molecule has 0 amide bonds. The monoisotopic (exact) mass is 265 g/mol. The van der Waals surface area contributed by atoms with Crippen molar-refractivity contribution in [3.8, 4) is 11.8 Å². The van der Waals surface area contributed by atoms with E-state index < -0.39 is 0 Å². The predicted molar refractivity (Wildman–Crippen MR) is 75.3 cm³/mol. The number of halogens is 1. The van der Waals surface area contributed by atoms with E-state index in [9.17, 15) is 0 Å². The van der Waals surface area contributed by atoms with Crippen LogP contribution in [0.25, 0.3) is 0 Å². The van der Waals surface area contributed by atoms with Crippen molar-refractivity contribution in [1.29, 1.82) is 5.26 Å². The molecule has 98 valence electrons. The van der Waals surface area contributed by atoms with Crippen LogP contribution in [-0.2, 0) is 6.42 Å². The Labute approximate surface area is 115 Å². The lowest BCUT2D eigenvalue weighted by Crippen LogP contribution is -2.03. The molecule has 0 aliphatic rings. The zero-order valence-electron chi connectivity index (χ0n) is 11.3. The Kier molecular flexibility index (Phi) is 6.01. The molecule has 2 nitrogen and oxygen atoms in total. The van der Waals surface area contributed by atoms with Crippen molar-refractivity contribution in [3.63, 3.8) is 0 Å². The standard InChI is InChI=1S/C15H20ClNO/c1-4-18-15-12(7-5-6-8-17)9-13(16)10-14(15)11(2)3/h9-11H,4-7H2,1-3H3. The zero-order chi connectivity index (χ0) is 13.5. The first-order valence-corrected chi connectivity index (χ1v) is 6.80. The number of hydrogen-bond acceptors (Lipinski definition) is 2. The third kappa shape index (κ3) is 3.92. The molecular weight excluding hydrogens is 246 g/mol. The molecule has 1 rings (SSSR count). The molecule has 1 aromatic rings. The van der Waals surface area contributed by atoms with Gasteiger partial charge in [0.1, 0.15) is 5.75 Å². The number of nitrogens with zero attached hydrogens (tertiary/aromatic N) is 1. The van der Waals surface area contributed by atoms with Crippen LogP contribution in [-0.4, -0.2) is 6.61 Å². The maximum absolute atomic E-state index is 8.61. The summed E-state index contributed by atoms with van der Waals surface area (Å²) in [6, 6.07) is 6.10. The van der Waals surface area contributed by atoms with Crippen molar-refractivity contribution in [2.75, 3.05) is 6.61 Å². The third-order valence-corrected chi connectivity index (χ3v) is 3.02. The van der Waals surface area contributed by atoms with Gasteiger partial charge in [0.05, 0.1) is 12.7 Å². The number of benzene rings is 1. The summed E-state index contributed by atoms with van der Waals surface area (Å²) >= 11 is 6.16. The third-order valence-electron chi connectivity index (χ3n) is 2.80. The van der Waals surface area contributed by atoms with E-state index in [-0.39, 0.29) is 0 Å². The Morgan fingerprint density at radius 1 is 1.39 bits per heavy atom. The molecule has 0 saturated carbocycles. The van der Waals surface area contributed by atoms with Crippen molar-refractivity contribution < 1.29 is 4.74 Å². The van der Waals surface area contributed by atoms with Crippen molar-refractivity contribution in [2.45, 2.75) is 46.0 Å². The second-order valence-electron chi connectivity index (χ2n) is 4.58. The van der Waals surface area contributed by atoms with Crippen LogP contribution in [0.1, 0.15) is 50.7 Å². The normalized spacial score (nSPS) is 10.4. The fourth-order valence-electron chi connectivity index (χ4n) is 1.97. The Balaban J connectivity index is 3.08. The number of ether oxygens (including phenoxy) is 1. The van der Waals surface area contributed by atoms with Crippen molar-refractivity contribution in [2.24, 2.45) is 0 Å². The van der Waals surface area contributed by atoms with Gasteiger partial charge in [0.2, 0.25) is 0 Å². The van der Waals surface area contributed by atoms with E-state index in [4.69, 9.17) is 21.6 Å². The second-order valence-corrected chi connectivity index (χ2v) is 5.02. The van der Waals surface area contributed by atoms with Gasteiger partial charge in [0.25, 0.3) is 0 Å². The molecule has 0 saturated heterocycles. The van der Waals surface area contributed by atoms with Crippen LogP contribution >= 0.6 is 11.6 Å². The van der Waals surface area contributed by atoms with Gasteiger partial charge in [0, 0.05) is 11.4 Å². The van der Waals surface area contributed by atoms with E-state index in [2.05, 4.69) is 19.9 Å². The van der Waals surface area contributed by atoms with E-state index in [1.54, 1.807) is 0 Å². The van der Waals surface area contributed by atoms with Gasteiger partial charge in [-0.05, 0) is 48.9 Å². The summed E-state index contributed by atoms with van der Waals surface area (Å²) in [4.78, 5) is 0. The SMILES string of the molecule is CCOc1c(CCCC#N)cc(Cl)cc1C(C)C. The minimum atomic E-state index is 0.375. The number of unbranched alkanes of at least 4 members (excludes halogenated alkanes) is 1. The highest BCUT2D eigenvalue weighted by atomic mass is 35.5. The lowest BCUT2D eigenvalue weighted by molar-refractivity contribution is 0.331. The largest absolute Gasteiger partial charge is 0.493 e. The number of aryl methyl sites for hydroxylation is 1. The fraction of sp³-hybridized carbons (Fsp3) is 0.533. The molecule has 0 fully saturated rings. The maximum atomic E-state index is 8.61. The van der Waals surface area contributed by atoms with Crippen LogP contribution in [0, 0.1) is 11.3 Å². The van der Waals surface area contributed by atoms with E-state index in [1.807, 2.05) is 19.1 Å². The van der Waals surface area contributed by atoms with Crippen LogP contribution in [0.5, 0.6) is 5.75 Å². The summed E-state index contributed by atoms with van der Waals surface area (Å²) in [7, 11) is 0. The van der Waals surface area contributed by atoms with Crippen molar-refractivity contribution >= 4 is 11.6 Å². The van der Waals surface area contributed by atoms with Crippen LogP contribution in [0.15, 0.2) is 12.1 Å². The molecule has 0 aliphatic carbocycles. The molecule has 0 bridgehead atoms. The Hall–Kier alpha value is -1.20. The predicted octanol–water partition coefficient (Wildman–Crippen LogP) is 4.71. The van der Waals surface area contributed by atoms with E-state index >= 15 is 0 Å². The summed E-state index contributed by atoms with van der Waals surface area (Å²) in [6.45, 7) is 6.89. The molecule has 1 aromatic carbocycles. The van der Waals surface area contributed by atoms with Gasteiger partial charge in [-0.3, -0.25) is 0 Å². The van der Waals surface area contributed by atoms with Crippen LogP contribution in [0.3, 0.4) is 0 Å². The second kappa shape index (κ2) is 7.28. The van der Waals surface area contributed by atoms with Gasteiger partial charge >= 0.3 is 0 Å². The summed E-state index contributed by atoms with van der Waals surface area (Å²) < 4.78 is 5.77. The minimum Gasteiger partial charge on any atom is -0.493 e. The average Bonchev–Trinajstić information content (AvgIpc) is 2.32. The van der Waals surface area contributed by atoms with E-state index in [0.29, 0.717) is 18.9 Å². The Bertz CT molecular complexity index is 435. The summed E-state index contributed by atoms with van der Waals surface area (Å²) in [5.41, 5.74) is 2.26. The van der Waals surface area contributed by atoms with Crippen LogP contribution in [0.2, 0.25) is 5.02 Å². The number of rotatable bonds is 6. The summed E-state index contributed by atoms with van der Waals surface area (Å²) in [6.07, 6.45) is 2.24. The molecule has 0 unspecified atom stereocenters. The smallest absolute Gasteiger partial charge is 0.126 e. The Morgan fingerprint density at radius 2 is 2.11 bits per heavy atom. The molecule has 0 N–H and O–H groups in total. The minimum absolute atomic E-state index is 0.375. The lowest BCUT2D eigenvalue weighted by Gasteiger charge is -2.18. The van der Waals surface area contributed by atoms with Gasteiger partial charge in [-0.25, -0.2) is 0 Å². The number of hydrogen-bond donors (Lipinski definition) is 0. The Morgan fingerprint density at radius 3 is 2.67 bits per heavy atom. The van der Waals surface area contributed by atoms with Gasteiger partial charge < -0.3 is 4.74 Å². The molecular formula is C15H20ClNO. The highest BCUT2D eigenvalue weighted by Gasteiger charge is 2.14. The molecule has 0 atom stereocenters. The maximum Gasteiger partial charge on any atom is 0.126 e. The lowest BCUT2D eigenvalue weighted by atomic mass is 9.96. The molecule has 0 heterocycles. The molecule has 0 aliphatic heterocycles. The molecule has 0 spiro atoms. The summed E-state index contributed by atoms with van der Waals surface area (Å²) in [5.74, 6) is 1.33. The van der Waals surface area contributed by atoms with Gasteiger partial charge in [-0.15, -0.1) is 0 Å². The van der Waals surface area contributed by atoms with E-state index in [0.717, 1.165) is 34.7 Å².